The van der Waals surface area contributed by atoms with Gasteiger partial charge in [-0.15, -0.1) is 0 Å². The van der Waals surface area contributed by atoms with Crippen LogP contribution in [-0.4, -0.2) is 20.4 Å². The van der Waals surface area contributed by atoms with Crippen LogP contribution in [0.25, 0.3) is 22.6 Å². The minimum absolute atomic E-state index is 0.0888. The molecule has 5 nitrogen and oxygen atoms in total. The molecule has 0 atom stereocenters. The molecule has 1 N–H and O–H groups in total. The summed E-state index contributed by atoms with van der Waals surface area (Å²) in [4.78, 5) is 21.4. The number of hydrogen-bond acceptors (Lipinski definition) is 3. The summed E-state index contributed by atoms with van der Waals surface area (Å²) < 4.78 is 28.8. The first-order valence-corrected chi connectivity index (χ1v) is 8.63. The topological polar surface area (TPSA) is 59.8 Å². The van der Waals surface area contributed by atoms with E-state index in [1.165, 1.54) is 0 Å². The lowest BCUT2D eigenvalue weighted by molar-refractivity contribution is 0.0950. The van der Waals surface area contributed by atoms with Gasteiger partial charge in [0.05, 0.1) is 0 Å². The molecular weight excluding hydrogens is 362 g/mol. The predicted molar refractivity (Wildman–Crippen MR) is 101 cm³/mol. The zero-order valence-electron chi connectivity index (χ0n) is 15.0. The van der Waals surface area contributed by atoms with E-state index in [1.54, 1.807) is 24.4 Å². The van der Waals surface area contributed by atoms with Crippen LogP contribution in [0.15, 0.2) is 60.8 Å². The summed E-state index contributed by atoms with van der Waals surface area (Å²) >= 11 is 0. The molecule has 0 unspecified atom stereocenters. The molecule has 0 radical (unpaired) electrons. The molecule has 0 aliphatic heterocycles. The number of pyridine rings is 1. The average Bonchev–Trinajstić information content (AvgIpc) is 3.05. The lowest BCUT2D eigenvalue weighted by atomic mass is 10.1. The van der Waals surface area contributed by atoms with E-state index in [1.807, 2.05) is 29.8 Å². The van der Waals surface area contributed by atoms with E-state index in [2.05, 4.69) is 15.3 Å². The van der Waals surface area contributed by atoms with Crippen LogP contribution in [0.2, 0.25) is 0 Å². The molecule has 0 aliphatic carbocycles. The SMILES string of the molecule is Cn1c(-c2cccc(C(=O)NCc3cc(F)ccc3F)c2)nc2cccnc21. The molecular formula is C21H16F2N4O. The second-order valence-corrected chi connectivity index (χ2v) is 6.34. The fourth-order valence-electron chi connectivity index (χ4n) is 3.04. The van der Waals surface area contributed by atoms with Gasteiger partial charge >= 0.3 is 0 Å². The van der Waals surface area contributed by atoms with Crippen molar-refractivity contribution in [2.24, 2.45) is 7.05 Å². The Morgan fingerprint density at radius 1 is 1.11 bits per heavy atom. The van der Waals surface area contributed by atoms with Gasteiger partial charge in [0, 0.05) is 36.5 Å². The first kappa shape index (κ1) is 17.8. The molecule has 2 aromatic heterocycles. The molecule has 4 aromatic rings. The zero-order chi connectivity index (χ0) is 19.7. The first-order valence-electron chi connectivity index (χ1n) is 8.63. The molecule has 2 heterocycles. The van der Waals surface area contributed by atoms with E-state index in [9.17, 15) is 13.6 Å². The fourth-order valence-corrected chi connectivity index (χ4v) is 3.04. The highest BCUT2D eigenvalue weighted by Crippen LogP contribution is 2.23. The van der Waals surface area contributed by atoms with Crippen LogP contribution < -0.4 is 5.32 Å². The van der Waals surface area contributed by atoms with Crippen molar-refractivity contribution in [1.29, 1.82) is 0 Å². The van der Waals surface area contributed by atoms with Gasteiger partial charge in [-0.05, 0) is 42.5 Å². The highest BCUT2D eigenvalue weighted by molar-refractivity contribution is 5.95. The van der Waals surface area contributed by atoms with Gasteiger partial charge in [0.15, 0.2) is 5.65 Å². The van der Waals surface area contributed by atoms with Crippen molar-refractivity contribution in [1.82, 2.24) is 19.9 Å². The van der Waals surface area contributed by atoms with E-state index >= 15 is 0 Å². The number of aryl methyl sites for hydroxylation is 1. The zero-order valence-corrected chi connectivity index (χ0v) is 15.0. The van der Waals surface area contributed by atoms with Gasteiger partial charge in [0.1, 0.15) is 23.0 Å². The predicted octanol–water partition coefficient (Wildman–Crippen LogP) is 3.84. The van der Waals surface area contributed by atoms with Crippen molar-refractivity contribution < 1.29 is 13.6 Å². The third kappa shape index (κ3) is 3.34. The second kappa shape index (κ2) is 7.19. The molecule has 4 rings (SSSR count). The standard InChI is InChI=1S/C21H16F2N4O/c1-27-19(26-18-6-3-9-24-20(18)27)13-4-2-5-14(10-13)21(28)25-12-15-11-16(22)7-8-17(15)23/h2-11H,12H2,1H3,(H,25,28). The number of nitrogens with zero attached hydrogens (tertiary/aromatic N) is 3. The number of carbonyl (C=O) groups is 1. The molecule has 7 heteroatoms. The number of aromatic nitrogens is 3. The molecule has 0 saturated heterocycles. The highest BCUT2D eigenvalue weighted by Gasteiger charge is 2.13. The van der Waals surface area contributed by atoms with Crippen molar-refractivity contribution in [3.05, 3.63) is 83.6 Å². The van der Waals surface area contributed by atoms with E-state index in [-0.39, 0.29) is 18.0 Å². The Bertz CT molecular complexity index is 1190. The number of fused-ring (bicyclic) bond motifs is 1. The lowest BCUT2D eigenvalue weighted by Gasteiger charge is -2.08. The minimum atomic E-state index is -0.567. The third-order valence-electron chi connectivity index (χ3n) is 4.46. The second-order valence-electron chi connectivity index (χ2n) is 6.34. The van der Waals surface area contributed by atoms with Crippen molar-refractivity contribution in [2.75, 3.05) is 0 Å². The van der Waals surface area contributed by atoms with Crippen LogP contribution in [0.1, 0.15) is 15.9 Å². The Balaban J connectivity index is 1.58. The maximum atomic E-state index is 13.7. The molecule has 2 aromatic carbocycles. The third-order valence-corrected chi connectivity index (χ3v) is 4.46. The number of rotatable bonds is 4. The molecule has 0 bridgehead atoms. The maximum Gasteiger partial charge on any atom is 0.251 e. The summed E-state index contributed by atoms with van der Waals surface area (Å²) in [6.45, 7) is -0.108. The average molecular weight is 378 g/mol. The largest absolute Gasteiger partial charge is 0.348 e. The fraction of sp³-hybridized carbons (Fsp3) is 0.0952. The van der Waals surface area contributed by atoms with Crippen molar-refractivity contribution >= 4 is 17.1 Å². The van der Waals surface area contributed by atoms with Gasteiger partial charge in [-0.3, -0.25) is 4.79 Å². The van der Waals surface area contributed by atoms with Crippen molar-refractivity contribution in [3.8, 4) is 11.4 Å². The van der Waals surface area contributed by atoms with Crippen LogP contribution >= 0.6 is 0 Å². The van der Waals surface area contributed by atoms with Crippen LogP contribution in [0.5, 0.6) is 0 Å². The van der Waals surface area contributed by atoms with Crippen molar-refractivity contribution in [3.63, 3.8) is 0 Å². The Morgan fingerprint density at radius 2 is 1.96 bits per heavy atom. The highest BCUT2D eigenvalue weighted by atomic mass is 19.1. The Kier molecular flexibility index (Phi) is 4.57. The Labute approximate surface area is 159 Å². The van der Waals surface area contributed by atoms with Crippen LogP contribution in [0.4, 0.5) is 8.78 Å². The Hall–Kier alpha value is -3.61. The van der Waals surface area contributed by atoms with Gasteiger partial charge in [0.25, 0.3) is 5.91 Å². The summed E-state index contributed by atoms with van der Waals surface area (Å²) in [7, 11) is 1.86. The number of hydrogen-bond donors (Lipinski definition) is 1. The first-order chi connectivity index (χ1) is 13.5. The Morgan fingerprint density at radius 3 is 2.79 bits per heavy atom. The monoisotopic (exact) mass is 378 g/mol. The maximum absolute atomic E-state index is 13.7. The van der Waals surface area contributed by atoms with Gasteiger partial charge in [-0.25, -0.2) is 18.7 Å². The van der Waals surface area contributed by atoms with Gasteiger partial charge in [0.2, 0.25) is 0 Å². The van der Waals surface area contributed by atoms with E-state index in [4.69, 9.17) is 0 Å². The summed E-state index contributed by atoms with van der Waals surface area (Å²) in [5.41, 5.74) is 2.75. The van der Waals surface area contributed by atoms with E-state index < -0.39 is 11.6 Å². The van der Waals surface area contributed by atoms with Gasteiger partial charge in [-0.1, -0.05) is 12.1 Å². The van der Waals surface area contributed by atoms with E-state index in [0.717, 1.165) is 34.9 Å². The molecule has 0 saturated carbocycles. The number of imidazole rings is 1. The molecule has 0 aliphatic rings. The number of halogens is 2. The van der Waals surface area contributed by atoms with Crippen LogP contribution in [0.3, 0.4) is 0 Å². The normalized spacial score (nSPS) is 11.0. The van der Waals surface area contributed by atoms with Crippen LogP contribution in [0, 0.1) is 11.6 Å². The smallest absolute Gasteiger partial charge is 0.251 e. The number of carbonyl (C=O) groups excluding carboxylic acids is 1. The van der Waals surface area contributed by atoms with Gasteiger partial charge < -0.3 is 9.88 Å². The summed E-state index contributed by atoms with van der Waals surface area (Å²) in [6.07, 6.45) is 1.70. The molecule has 0 fully saturated rings. The number of benzene rings is 2. The van der Waals surface area contributed by atoms with Crippen LogP contribution in [-0.2, 0) is 13.6 Å². The molecule has 0 spiro atoms. The lowest BCUT2D eigenvalue weighted by Crippen LogP contribution is -2.23. The quantitative estimate of drug-likeness (QED) is 0.587. The molecule has 28 heavy (non-hydrogen) atoms. The molecule has 1 amide bonds. The molecule has 140 valence electrons. The van der Waals surface area contributed by atoms with E-state index in [0.29, 0.717) is 11.4 Å². The van der Waals surface area contributed by atoms with Crippen molar-refractivity contribution in [2.45, 2.75) is 6.54 Å². The summed E-state index contributed by atoms with van der Waals surface area (Å²) in [6, 6.07) is 13.8. The summed E-state index contributed by atoms with van der Waals surface area (Å²) in [5, 5.41) is 2.62. The number of amides is 1. The van der Waals surface area contributed by atoms with Gasteiger partial charge in [-0.2, -0.15) is 0 Å². The summed E-state index contributed by atoms with van der Waals surface area (Å²) in [5.74, 6) is -0.826. The number of nitrogens with one attached hydrogen (secondary N) is 1. The minimum Gasteiger partial charge on any atom is -0.348 e.